The minimum Gasteiger partial charge on any atom is -0.488 e. The van der Waals surface area contributed by atoms with Crippen molar-refractivity contribution in [2.24, 2.45) is 9.98 Å². The van der Waals surface area contributed by atoms with Gasteiger partial charge in [0.2, 0.25) is 0 Å². The van der Waals surface area contributed by atoms with E-state index in [-0.39, 0.29) is 11.6 Å². The van der Waals surface area contributed by atoms with Gasteiger partial charge in [0.05, 0.1) is 23.1 Å². The van der Waals surface area contributed by atoms with Crippen molar-refractivity contribution in [2.45, 2.75) is 31.4 Å². The van der Waals surface area contributed by atoms with Crippen LogP contribution in [0.5, 0.6) is 5.75 Å². The van der Waals surface area contributed by atoms with Crippen LogP contribution in [0.3, 0.4) is 0 Å². The van der Waals surface area contributed by atoms with Gasteiger partial charge >= 0.3 is 0 Å². The summed E-state index contributed by atoms with van der Waals surface area (Å²) < 4.78 is 6.12. The molecule has 0 radical (unpaired) electrons. The van der Waals surface area contributed by atoms with E-state index in [1.165, 1.54) is 6.21 Å². The summed E-state index contributed by atoms with van der Waals surface area (Å²) >= 11 is 0. The number of nitrogens with one attached hydrogen (secondary N) is 1. The molecule has 160 valence electrons. The Morgan fingerprint density at radius 3 is 2.68 bits per heavy atom. The van der Waals surface area contributed by atoms with E-state index in [1.54, 1.807) is 13.4 Å². The van der Waals surface area contributed by atoms with Crippen molar-refractivity contribution in [2.75, 3.05) is 38.1 Å². The van der Waals surface area contributed by atoms with E-state index in [0.29, 0.717) is 0 Å². The number of benzene rings is 1. The maximum Gasteiger partial charge on any atom is 0.132 e. The third kappa shape index (κ3) is 3.95. The van der Waals surface area contributed by atoms with Crippen LogP contribution in [0.15, 0.2) is 40.6 Å². The van der Waals surface area contributed by atoms with Crippen LogP contribution < -0.4 is 9.64 Å². The van der Waals surface area contributed by atoms with Crippen LogP contribution in [-0.4, -0.2) is 77.9 Å². The van der Waals surface area contributed by atoms with Crippen LogP contribution in [0, 0.1) is 5.41 Å². The summed E-state index contributed by atoms with van der Waals surface area (Å²) in [6.07, 6.45) is 7.10. The first-order valence-corrected chi connectivity index (χ1v) is 10.7. The van der Waals surface area contributed by atoms with E-state index in [0.717, 1.165) is 73.2 Å². The largest absolute Gasteiger partial charge is 0.488 e. The van der Waals surface area contributed by atoms with Gasteiger partial charge in [-0.3, -0.25) is 9.89 Å². The van der Waals surface area contributed by atoms with Gasteiger partial charge in [-0.2, -0.15) is 0 Å². The zero-order chi connectivity index (χ0) is 21.4. The van der Waals surface area contributed by atoms with E-state index in [9.17, 15) is 0 Å². The molecule has 0 bridgehead atoms. The maximum atomic E-state index is 7.63. The van der Waals surface area contributed by atoms with Gasteiger partial charge in [-0.05, 0) is 38.0 Å². The fraction of sp³-hybridized carbons (Fsp3) is 0.435. The van der Waals surface area contributed by atoms with Crippen LogP contribution in [0.2, 0.25) is 0 Å². The molecule has 1 N–H and O–H groups in total. The van der Waals surface area contributed by atoms with Crippen LogP contribution in [0.4, 0.5) is 11.5 Å². The van der Waals surface area contributed by atoms with E-state index in [2.05, 4.69) is 42.7 Å². The summed E-state index contributed by atoms with van der Waals surface area (Å²) in [4.78, 5) is 22.3. The number of aliphatic imine (C=N–C) groups is 2. The minimum absolute atomic E-state index is 0.000758. The first kappa shape index (κ1) is 19.8. The number of nitrogens with zero attached hydrogens (tertiary/aromatic N) is 6. The molecule has 8 heteroatoms. The predicted molar refractivity (Wildman–Crippen MR) is 123 cm³/mol. The molecule has 1 unspecified atom stereocenters. The third-order valence-electron chi connectivity index (χ3n) is 6.20. The van der Waals surface area contributed by atoms with Crippen molar-refractivity contribution >= 4 is 29.6 Å². The van der Waals surface area contributed by atoms with E-state index in [4.69, 9.17) is 10.1 Å². The molecule has 8 nitrogen and oxygen atoms in total. The SMILES string of the molecule is CN=CC(C=N)N1CCN(c2cc(C3=Nc4ccc(OC5(C)CC5)cc43)ncn2)CC1. The highest BCUT2D eigenvalue weighted by Gasteiger charge is 2.40. The van der Waals surface area contributed by atoms with Gasteiger partial charge in [0.25, 0.3) is 0 Å². The number of piperazine rings is 1. The predicted octanol–water partition coefficient (Wildman–Crippen LogP) is 2.73. The lowest BCUT2D eigenvalue weighted by molar-refractivity contribution is 0.200. The molecule has 1 aromatic carbocycles. The van der Waals surface area contributed by atoms with Gasteiger partial charge in [0.1, 0.15) is 23.5 Å². The molecule has 1 atom stereocenters. The van der Waals surface area contributed by atoms with Crippen molar-refractivity contribution in [1.29, 1.82) is 5.41 Å². The summed E-state index contributed by atoms with van der Waals surface area (Å²) in [6.45, 7) is 5.55. The Balaban J connectivity index is 1.29. The normalized spacial score (nSPS) is 20.6. The third-order valence-corrected chi connectivity index (χ3v) is 6.20. The minimum atomic E-state index is -0.0387. The average molecular weight is 418 g/mol. The average Bonchev–Trinajstić information content (AvgIpc) is 3.51. The molecular weight excluding hydrogens is 390 g/mol. The zero-order valence-electron chi connectivity index (χ0n) is 18.0. The highest BCUT2D eigenvalue weighted by atomic mass is 16.5. The van der Waals surface area contributed by atoms with Gasteiger partial charge in [-0.25, -0.2) is 15.0 Å². The van der Waals surface area contributed by atoms with E-state index < -0.39 is 0 Å². The molecule has 1 aromatic heterocycles. The number of aromatic nitrogens is 2. The highest BCUT2D eigenvalue weighted by Crippen LogP contribution is 2.42. The lowest BCUT2D eigenvalue weighted by atomic mass is 9.98. The van der Waals surface area contributed by atoms with Gasteiger partial charge in [0.15, 0.2) is 0 Å². The standard InChI is InChI=1S/C23H27N7O/c1-23(5-6-23)31-17-3-4-19-18(11-17)22(28-19)20-12-21(27-15-26-20)30-9-7-29(8-10-30)16(13-24)14-25-2/h3-4,11-16,24H,5-10H2,1-2H3. The lowest BCUT2D eigenvalue weighted by Gasteiger charge is -2.37. The van der Waals surface area contributed by atoms with Gasteiger partial charge in [0, 0.05) is 57.3 Å². The number of anilines is 1. The second-order valence-electron chi connectivity index (χ2n) is 8.54. The zero-order valence-corrected chi connectivity index (χ0v) is 18.0. The molecule has 2 fully saturated rings. The molecule has 31 heavy (non-hydrogen) atoms. The van der Waals surface area contributed by atoms with Crippen molar-refractivity contribution in [3.63, 3.8) is 0 Å². The Bertz CT molecular complexity index is 1050. The fourth-order valence-corrected chi connectivity index (χ4v) is 4.05. The van der Waals surface area contributed by atoms with Crippen molar-refractivity contribution < 1.29 is 4.74 Å². The lowest BCUT2D eigenvalue weighted by Crippen LogP contribution is -2.51. The number of hydrogen-bond acceptors (Lipinski definition) is 8. The topological polar surface area (TPSA) is 90.1 Å². The Morgan fingerprint density at radius 1 is 1.16 bits per heavy atom. The molecule has 3 heterocycles. The Kier molecular flexibility index (Phi) is 5.02. The summed E-state index contributed by atoms with van der Waals surface area (Å²) in [5, 5.41) is 7.63. The number of fused-ring (bicyclic) bond motifs is 1. The van der Waals surface area contributed by atoms with Crippen molar-refractivity contribution in [3.8, 4) is 5.75 Å². The van der Waals surface area contributed by atoms with Gasteiger partial charge < -0.3 is 15.0 Å². The van der Waals surface area contributed by atoms with Crippen LogP contribution >= 0.6 is 0 Å². The van der Waals surface area contributed by atoms with E-state index >= 15 is 0 Å². The van der Waals surface area contributed by atoms with Crippen molar-refractivity contribution in [1.82, 2.24) is 14.9 Å². The highest BCUT2D eigenvalue weighted by molar-refractivity contribution is 6.21. The van der Waals surface area contributed by atoms with Gasteiger partial charge in [-0.15, -0.1) is 0 Å². The number of ether oxygens (including phenoxy) is 1. The monoisotopic (exact) mass is 417 g/mol. The second kappa shape index (κ2) is 7.85. The quantitative estimate of drug-likeness (QED) is 0.597. The van der Waals surface area contributed by atoms with Crippen LogP contribution in [0.1, 0.15) is 31.0 Å². The molecular formula is C23H27N7O. The summed E-state index contributed by atoms with van der Waals surface area (Å²) in [5.74, 6) is 1.81. The summed E-state index contributed by atoms with van der Waals surface area (Å²) in [6, 6.07) is 8.07. The smallest absolute Gasteiger partial charge is 0.132 e. The maximum absolute atomic E-state index is 7.63. The summed E-state index contributed by atoms with van der Waals surface area (Å²) in [7, 11) is 1.75. The first-order valence-electron chi connectivity index (χ1n) is 10.7. The van der Waals surface area contributed by atoms with Crippen LogP contribution in [0.25, 0.3) is 0 Å². The molecule has 3 aliphatic rings. The molecule has 2 aromatic rings. The fourth-order valence-electron chi connectivity index (χ4n) is 4.05. The van der Waals surface area contributed by atoms with Gasteiger partial charge in [-0.1, -0.05) is 0 Å². The number of hydrogen-bond donors (Lipinski definition) is 1. The Labute approximate surface area is 182 Å². The Hall–Kier alpha value is -3.13. The molecule has 5 rings (SSSR count). The molecule has 2 aliphatic heterocycles. The van der Waals surface area contributed by atoms with Crippen molar-refractivity contribution in [3.05, 3.63) is 41.9 Å². The summed E-state index contributed by atoms with van der Waals surface area (Å²) in [5.41, 5.74) is 3.80. The molecule has 0 amide bonds. The molecule has 1 saturated heterocycles. The Morgan fingerprint density at radius 2 is 1.97 bits per heavy atom. The number of rotatable bonds is 7. The first-order chi connectivity index (χ1) is 15.1. The molecule has 1 saturated carbocycles. The van der Waals surface area contributed by atoms with E-state index in [1.807, 2.05) is 24.4 Å². The second-order valence-corrected chi connectivity index (χ2v) is 8.54. The molecule has 0 spiro atoms. The molecule has 1 aliphatic carbocycles. The van der Waals surface area contributed by atoms with Crippen LogP contribution in [-0.2, 0) is 0 Å².